The zero-order chi connectivity index (χ0) is 41.7. The van der Waals surface area contributed by atoms with E-state index in [0.717, 1.165) is 24.1 Å². The van der Waals surface area contributed by atoms with E-state index in [1.165, 1.54) is 39.8 Å². The van der Waals surface area contributed by atoms with E-state index in [-0.39, 0.29) is 36.1 Å². The van der Waals surface area contributed by atoms with Gasteiger partial charge < -0.3 is 56.6 Å². The fourth-order valence-electron chi connectivity index (χ4n) is 5.69. The molecule has 6 atom stereocenters. The molecule has 0 radical (unpaired) electrons. The number of fused-ring (bicyclic) bond motifs is 1. The monoisotopic (exact) mass is 788 g/mol. The Morgan fingerprint density at radius 2 is 1.69 bits per heavy atom. The number of aromatic hydroxyl groups is 2. The molecule has 1 saturated heterocycles. The summed E-state index contributed by atoms with van der Waals surface area (Å²) in [5.41, 5.74) is -3.38. The number of allylic oxidation sites excluding steroid dienone is 1. The third kappa shape index (κ3) is 9.69. The van der Waals surface area contributed by atoms with Crippen molar-refractivity contribution in [2.24, 2.45) is 0 Å². The van der Waals surface area contributed by atoms with Crippen LogP contribution in [0, 0.1) is 0 Å². The SMILES string of the molecule is C=C(C)[C@H]1NC(=O)[C@H]([C@H](O)c2cc(O)c(O)c(Cl)c2)N(C)C(=O)C(=CC(=O)O)NC(=O)C(=C(C)CC)NC(=O)[C@@H]2C=CCN2C(=O)[C@@H]([C@@](C)(O)CC)NC1=O. The molecule has 0 unspecified atom stereocenters. The Morgan fingerprint density at radius 3 is 2.24 bits per heavy atom. The molecule has 6 amide bonds. The van der Waals surface area contributed by atoms with Gasteiger partial charge in [-0.15, -0.1) is 0 Å². The molecule has 2 aliphatic rings. The van der Waals surface area contributed by atoms with E-state index in [0.29, 0.717) is 11.0 Å². The van der Waals surface area contributed by atoms with Gasteiger partial charge in [0.25, 0.3) is 17.7 Å². The van der Waals surface area contributed by atoms with Crippen LogP contribution in [0.15, 0.2) is 59.5 Å². The second-order valence-corrected chi connectivity index (χ2v) is 13.7. The largest absolute Gasteiger partial charge is 0.504 e. The number of hydrogen-bond donors (Lipinski definition) is 9. The molecule has 0 aromatic heterocycles. The van der Waals surface area contributed by atoms with Gasteiger partial charge in [-0.05, 0) is 62.5 Å². The van der Waals surface area contributed by atoms with Gasteiger partial charge in [-0.3, -0.25) is 28.8 Å². The molecule has 0 spiro atoms. The molecular formula is C36H45ClN6O12. The third-order valence-corrected chi connectivity index (χ3v) is 9.60. The van der Waals surface area contributed by atoms with E-state index in [4.69, 9.17) is 11.6 Å². The summed E-state index contributed by atoms with van der Waals surface area (Å²) in [6.07, 6.45) is 1.11. The number of nitrogens with one attached hydrogen (secondary N) is 4. The fourth-order valence-corrected chi connectivity index (χ4v) is 5.91. The summed E-state index contributed by atoms with van der Waals surface area (Å²) in [6, 6.07) is -5.11. The zero-order valence-electron chi connectivity index (χ0n) is 31.0. The van der Waals surface area contributed by atoms with Crippen LogP contribution in [0.3, 0.4) is 0 Å². The number of carboxylic acid groups (broad SMARTS) is 1. The molecule has 2 aliphatic heterocycles. The van der Waals surface area contributed by atoms with Crippen LogP contribution in [0.25, 0.3) is 0 Å². The molecule has 9 N–H and O–H groups in total. The minimum absolute atomic E-state index is 0.0282. The van der Waals surface area contributed by atoms with Crippen LogP contribution in [0.2, 0.25) is 5.02 Å². The lowest BCUT2D eigenvalue weighted by Gasteiger charge is -2.37. The number of rotatable bonds is 7. The highest BCUT2D eigenvalue weighted by atomic mass is 35.5. The molecule has 2 heterocycles. The number of aliphatic hydroxyl groups is 2. The van der Waals surface area contributed by atoms with Crippen molar-refractivity contribution in [1.82, 2.24) is 31.1 Å². The van der Waals surface area contributed by atoms with Gasteiger partial charge in [0, 0.05) is 13.6 Å². The van der Waals surface area contributed by atoms with E-state index in [9.17, 15) is 59.1 Å². The number of carbonyl (C=O) groups excluding carboxylic acids is 6. The molecule has 298 valence electrons. The maximum Gasteiger partial charge on any atom is 0.330 e. The highest BCUT2D eigenvalue weighted by Gasteiger charge is 2.45. The molecule has 1 aromatic rings. The standard InChI is InChI=1S/C36H45ClN6O12/c1-8-17(5)25-32(51)38-20(15-23(45)46)34(53)42(7)26(27(47)18-13-19(37)28(48)22(44)14-18)33(52)39-24(16(3)4)31(50)41-29(36(6,55)9-2)35(54)43-12-10-11-21(43)30(49)40-25/h10-11,13-15,21,24,26-27,29,44,47-48,55H,3,8-9,12H2,1-2,4-7H3,(H,38,51)(H,39,52)(H,40,49)(H,41,50)(H,45,46)/t21-,24+,26-,27+,29-,36-/m0/s1. The van der Waals surface area contributed by atoms with Crippen molar-refractivity contribution in [3.63, 3.8) is 0 Å². The molecule has 0 aliphatic carbocycles. The lowest BCUT2D eigenvalue weighted by molar-refractivity contribution is -0.147. The van der Waals surface area contributed by atoms with Crippen molar-refractivity contribution in [2.75, 3.05) is 13.6 Å². The van der Waals surface area contributed by atoms with Crippen LogP contribution in [0.1, 0.15) is 59.1 Å². The van der Waals surface area contributed by atoms with Crippen molar-refractivity contribution in [3.8, 4) is 11.5 Å². The van der Waals surface area contributed by atoms with Crippen molar-refractivity contribution in [1.29, 1.82) is 0 Å². The number of carbonyl (C=O) groups is 7. The van der Waals surface area contributed by atoms with E-state index in [1.807, 2.05) is 0 Å². The normalized spacial score (nSPS) is 25.1. The molecule has 0 saturated carbocycles. The fraction of sp³-hybridized carbons (Fsp3) is 0.417. The minimum atomic E-state index is -2.13. The zero-order valence-corrected chi connectivity index (χ0v) is 31.7. The molecule has 1 fully saturated rings. The Hall–Kier alpha value is -5.72. The van der Waals surface area contributed by atoms with Crippen LogP contribution in [-0.4, -0.2) is 120 Å². The van der Waals surface area contributed by atoms with Gasteiger partial charge in [-0.2, -0.15) is 0 Å². The molecule has 18 nitrogen and oxygen atoms in total. The predicted octanol–water partition coefficient (Wildman–Crippen LogP) is -0.0162. The first kappa shape index (κ1) is 43.7. The van der Waals surface area contributed by atoms with Gasteiger partial charge in [0.2, 0.25) is 17.7 Å². The Labute approximate surface area is 321 Å². The van der Waals surface area contributed by atoms with Crippen molar-refractivity contribution < 1.29 is 59.1 Å². The van der Waals surface area contributed by atoms with Crippen molar-refractivity contribution >= 4 is 53.0 Å². The van der Waals surface area contributed by atoms with Crippen molar-refractivity contribution in [3.05, 3.63) is 70.1 Å². The number of benzene rings is 1. The average molecular weight is 789 g/mol. The van der Waals surface area contributed by atoms with Crippen LogP contribution in [0.5, 0.6) is 11.5 Å². The van der Waals surface area contributed by atoms with Gasteiger partial charge >= 0.3 is 5.97 Å². The Kier molecular flexibility index (Phi) is 14.0. The lowest BCUT2D eigenvalue weighted by Crippen LogP contribution is -2.64. The van der Waals surface area contributed by atoms with Crippen LogP contribution in [-0.2, 0) is 33.6 Å². The number of phenolic OH excluding ortho intramolecular Hbond substituents is 2. The van der Waals surface area contributed by atoms with E-state index in [1.54, 1.807) is 6.92 Å². The molecule has 0 bridgehead atoms. The van der Waals surface area contributed by atoms with Crippen LogP contribution >= 0.6 is 11.6 Å². The Bertz CT molecular complexity index is 1870. The molecule has 55 heavy (non-hydrogen) atoms. The highest BCUT2D eigenvalue weighted by Crippen LogP contribution is 2.37. The Balaban J connectivity index is 2.32. The predicted molar refractivity (Wildman–Crippen MR) is 196 cm³/mol. The third-order valence-electron chi connectivity index (χ3n) is 9.31. The van der Waals surface area contributed by atoms with E-state index >= 15 is 0 Å². The second kappa shape index (κ2) is 17.6. The number of aliphatic carboxylic acids is 1. The number of aliphatic hydroxyl groups excluding tert-OH is 1. The van der Waals surface area contributed by atoms with E-state index in [2.05, 4.69) is 27.8 Å². The lowest BCUT2D eigenvalue weighted by atomic mass is 9.91. The van der Waals surface area contributed by atoms with Crippen molar-refractivity contribution in [2.45, 2.75) is 83.3 Å². The number of likely N-dealkylation sites (N-methyl/N-ethyl adjacent to an activating group) is 1. The smallest absolute Gasteiger partial charge is 0.330 e. The topological polar surface area (TPSA) is 275 Å². The molecular weight excluding hydrogens is 744 g/mol. The summed E-state index contributed by atoms with van der Waals surface area (Å²) in [5, 5.41) is 61.8. The second-order valence-electron chi connectivity index (χ2n) is 13.3. The van der Waals surface area contributed by atoms with Gasteiger partial charge in [-0.25, -0.2) is 4.79 Å². The van der Waals surface area contributed by atoms with Gasteiger partial charge in [0.05, 0.1) is 16.7 Å². The number of nitrogens with zero attached hydrogens (tertiary/aromatic N) is 2. The van der Waals surface area contributed by atoms with Crippen LogP contribution < -0.4 is 21.3 Å². The number of phenols is 2. The maximum atomic E-state index is 14.2. The minimum Gasteiger partial charge on any atom is -0.504 e. The molecule has 3 rings (SSSR count). The van der Waals surface area contributed by atoms with Gasteiger partial charge in [0.15, 0.2) is 11.5 Å². The van der Waals surface area contributed by atoms with E-state index < -0.39 is 105 Å². The summed E-state index contributed by atoms with van der Waals surface area (Å²) in [5.74, 6) is -10.0. The van der Waals surface area contributed by atoms with Crippen LogP contribution in [0.4, 0.5) is 0 Å². The Morgan fingerprint density at radius 1 is 1.05 bits per heavy atom. The maximum absolute atomic E-state index is 14.2. The van der Waals surface area contributed by atoms with Gasteiger partial charge in [-0.1, -0.05) is 44.2 Å². The number of halogens is 1. The summed E-state index contributed by atoms with van der Waals surface area (Å²) in [7, 11) is 0.956. The number of hydrogen-bond acceptors (Lipinski definition) is 11. The highest BCUT2D eigenvalue weighted by molar-refractivity contribution is 6.32. The van der Waals surface area contributed by atoms with Gasteiger partial charge in [0.1, 0.15) is 41.7 Å². The average Bonchev–Trinajstić information content (AvgIpc) is 3.62. The number of carboxylic acids is 1. The first-order chi connectivity index (χ1) is 25.6. The summed E-state index contributed by atoms with van der Waals surface area (Å²) in [4.78, 5) is 97.3. The quantitative estimate of drug-likeness (QED) is 0.100. The molecule has 19 heteroatoms. The first-order valence-corrected chi connectivity index (χ1v) is 17.3. The first-order valence-electron chi connectivity index (χ1n) is 17.0. The summed E-state index contributed by atoms with van der Waals surface area (Å²) in [6.45, 7) is 10.9. The summed E-state index contributed by atoms with van der Waals surface area (Å²) >= 11 is 6.01. The number of amides is 6. The molecule has 1 aromatic carbocycles. The summed E-state index contributed by atoms with van der Waals surface area (Å²) < 4.78 is 0.